The molecule has 0 aliphatic carbocycles. The second-order valence-electron chi connectivity index (χ2n) is 8.67. The maximum atomic E-state index is 13.7. The number of aromatic nitrogens is 2. The third kappa shape index (κ3) is 5.23. The second-order valence-corrected chi connectivity index (χ2v) is 9.55. The summed E-state index contributed by atoms with van der Waals surface area (Å²) in [7, 11) is 0. The van der Waals surface area contributed by atoms with Crippen LogP contribution < -0.4 is 15.0 Å². The van der Waals surface area contributed by atoms with Gasteiger partial charge in [0.2, 0.25) is 0 Å². The molecule has 0 saturated carbocycles. The molecule has 0 radical (unpaired) electrons. The minimum atomic E-state index is -0.129. The van der Waals surface area contributed by atoms with Gasteiger partial charge in [-0.2, -0.15) is 0 Å². The zero-order valence-corrected chi connectivity index (χ0v) is 21.5. The molecule has 6 nitrogen and oxygen atoms in total. The Morgan fingerprint density at radius 2 is 1.59 bits per heavy atom. The highest BCUT2D eigenvalue weighted by Gasteiger charge is 2.17. The number of para-hydroxylation sites is 1. The van der Waals surface area contributed by atoms with Gasteiger partial charge in [-0.1, -0.05) is 30.3 Å². The topological polar surface area (TPSA) is 76.4 Å². The molecule has 1 aromatic heterocycles. The third-order valence-electron chi connectivity index (χ3n) is 5.99. The molecule has 37 heavy (non-hydrogen) atoms. The van der Waals surface area contributed by atoms with Gasteiger partial charge in [0, 0.05) is 16.1 Å². The van der Waals surface area contributed by atoms with E-state index in [2.05, 4.69) is 4.72 Å². The van der Waals surface area contributed by atoms with Gasteiger partial charge in [-0.25, -0.2) is 4.98 Å². The molecular formula is C30H27N3O3S. The lowest BCUT2D eigenvalue weighted by Crippen LogP contribution is -2.22. The van der Waals surface area contributed by atoms with Gasteiger partial charge in [0.05, 0.1) is 23.2 Å². The van der Waals surface area contributed by atoms with E-state index < -0.39 is 0 Å². The first-order valence-corrected chi connectivity index (χ1v) is 12.8. The van der Waals surface area contributed by atoms with E-state index in [0.29, 0.717) is 16.7 Å². The third-order valence-corrected chi connectivity index (χ3v) is 6.83. The van der Waals surface area contributed by atoms with Gasteiger partial charge < -0.3 is 14.6 Å². The van der Waals surface area contributed by atoms with E-state index in [1.54, 1.807) is 10.6 Å². The Kier molecular flexibility index (Phi) is 7.25. The fourth-order valence-corrected chi connectivity index (χ4v) is 4.97. The summed E-state index contributed by atoms with van der Waals surface area (Å²) in [6.45, 7) is 4.08. The lowest BCUT2D eigenvalue weighted by Gasteiger charge is -2.17. The van der Waals surface area contributed by atoms with Crippen molar-refractivity contribution in [2.45, 2.75) is 18.7 Å². The number of aliphatic hydroxyl groups excluding tert-OH is 1. The van der Waals surface area contributed by atoms with Gasteiger partial charge >= 0.3 is 0 Å². The van der Waals surface area contributed by atoms with Crippen LogP contribution in [-0.4, -0.2) is 27.9 Å². The van der Waals surface area contributed by atoms with Crippen LogP contribution in [0.3, 0.4) is 0 Å². The summed E-state index contributed by atoms with van der Waals surface area (Å²) in [5.74, 6) is 1.29. The molecule has 1 heterocycles. The van der Waals surface area contributed by atoms with E-state index in [1.807, 2.05) is 98.8 Å². The average molecular weight is 510 g/mol. The molecule has 0 spiro atoms. The fourth-order valence-electron chi connectivity index (χ4n) is 4.31. The lowest BCUT2D eigenvalue weighted by molar-refractivity contribution is 0.200. The first-order chi connectivity index (χ1) is 18.0. The van der Waals surface area contributed by atoms with Gasteiger partial charge in [-0.15, -0.1) is 0 Å². The standard InChI is InChI=1S/C30H27N3O3S/c1-20-18-22(19-21(2)28(20)36-17-16-34)29-31-27-11-7-6-10-26(27)30(35)33(29)24-14-12-23(13-15-24)32-37-25-8-4-3-5-9-25/h3-15,18-19,32,34H,16-17H2,1-2H3. The van der Waals surface area contributed by atoms with Gasteiger partial charge in [0.1, 0.15) is 18.2 Å². The number of anilines is 1. The Morgan fingerprint density at radius 3 is 2.30 bits per heavy atom. The number of nitrogens with one attached hydrogen (secondary N) is 1. The second kappa shape index (κ2) is 10.9. The van der Waals surface area contributed by atoms with Crippen molar-refractivity contribution in [1.82, 2.24) is 9.55 Å². The van der Waals surface area contributed by atoms with Crippen molar-refractivity contribution < 1.29 is 9.84 Å². The number of ether oxygens (including phenoxy) is 1. The average Bonchev–Trinajstić information content (AvgIpc) is 2.92. The Bertz CT molecular complexity index is 1580. The maximum Gasteiger partial charge on any atom is 0.266 e. The summed E-state index contributed by atoms with van der Waals surface area (Å²) in [6, 6.07) is 29.2. The number of nitrogens with zero attached hydrogens (tertiary/aromatic N) is 2. The summed E-state index contributed by atoms with van der Waals surface area (Å²) < 4.78 is 10.8. The number of benzene rings is 4. The van der Waals surface area contributed by atoms with Crippen LogP contribution in [0.4, 0.5) is 5.69 Å². The number of aliphatic hydroxyl groups is 1. The Labute approximate surface area is 219 Å². The molecule has 0 saturated heterocycles. The van der Waals surface area contributed by atoms with Crippen LogP contribution in [0.2, 0.25) is 0 Å². The molecule has 5 rings (SSSR count). The zero-order valence-electron chi connectivity index (χ0n) is 20.6. The predicted molar refractivity (Wildman–Crippen MR) is 151 cm³/mol. The number of hydrogen-bond acceptors (Lipinski definition) is 6. The van der Waals surface area contributed by atoms with Crippen LogP contribution in [0.25, 0.3) is 28.0 Å². The molecule has 186 valence electrons. The summed E-state index contributed by atoms with van der Waals surface area (Å²) in [6.07, 6.45) is 0. The van der Waals surface area contributed by atoms with Crippen molar-refractivity contribution in [2.24, 2.45) is 0 Å². The summed E-state index contributed by atoms with van der Waals surface area (Å²) in [5, 5.41) is 9.73. The van der Waals surface area contributed by atoms with E-state index in [9.17, 15) is 4.79 Å². The minimum Gasteiger partial charge on any atom is -0.491 e. The Balaban J connectivity index is 1.58. The molecule has 4 aromatic carbocycles. The molecular weight excluding hydrogens is 482 g/mol. The SMILES string of the molecule is Cc1cc(-c2nc3ccccc3c(=O)n2-c2ccc(NSc3ccccc3)cc2)cc(C)c1OCCO. The van der Waals surface area contributed by atoms with Crippen LogP contribution in [0.1, 0.15) is 11.1 Å². The monoisotopic (exact) mass is 509 g/mol. The van der Waals surface area contributed by atoms with Crippen LogP contribution in [0, 0.1) is 13.8 Å². The van der Waals surface area contributed by atoms with Gasteiger partial charge in [-0.3, -0.25) is 9.36 Å². The van der Waals surface area contributed by atoms with Crippen molar-refractivity contribution in [1.29, 1.82) is 0 Å². The lowest BCUT2D eigenvalue weighted by atomic mass is 10.0. The first-order valence-electron chi connectivity index (χ1n) is 12.0. The number of fused-ring (bicyclic) bond motifs is 1. The Hall–Kier alpha value is -4.07. The van der Waals surface area contributed by atoms with Crippen molar-refractivity contribution in [3.63, 3.8) is 0 Å². The summed E-state index contributed by atoms with van der Waals surface area (Å²) in [5.41, 5.74) is 4.81. The van der Waals surface area contributed by atoms with E-state index >= 15 is 0 Å². The molecule has 0 aliphatic rings. The smallest absolute Gasteiger partial charge is 0.266 e. The van der Waals surface area contributed by atoms with Crippen molar-refractivity contribution >= 4 is 28.5 Å². The van der Waals surface area contributed by atoms with Crippen LogP contribution in [0.15, 0.2) is 101 Å². The summed E-state index contributed by atoms with van der Waals surface area (Å²) >= 11 is 1.53. The van der Waals surface area contributed by atoms with Crippen LogP contribution in [0.5, 0.6) is 5.75 Å². The fraction of sp³-hybridized carbons (Fsp3) is 0.133. The van der Waals surface area contributed by atoms with Crippen LogP contribution in [-0.2, 0) is 0 Å². The van der Waals surface area contributed by atoms with Gasteiger partial charge in [0.15, 0.2) is 0 Å². The number of hydrogen-bond donors (Lipinski definition) is 2. The predicted octanol–water partition coefficient (Wildman–Crippen LogP) is 6.16. The highest BCUT2D eigenvalue weighted by atomic mass is 32.2. The molecule has 5 aromatic rings. The molecule has 0 aliphatic heterocycles. The molecule has 0 atom stereocenters. The highest BCUT2D eigenvalue weighted by molar-refractivity contribution is 8.00. The van der Waals surface area contributed by atoms with E-state index in [0.717, 1.165) is 38.7 Å². The minimum absolute atomic E-state index is 0.0545. The largest absolute Gasteiger partial charge is 0.491 e. The molecule has 0 bridgehead atoms. The molecule has 2 N–H and O–H groups in total. The van der Waals surface area contributed by atoms with E-state index in [4.69, 9.17) is 14.8 Å². The number of rotatable bonds is 8. The van der Waals surface area contributed by atoms with Crippen molar-refractivity contribution in [3.8, 4) is 22.8 Å². The number of aryl methyl sites for hydroxylation is 2. The van der Waals surface area contributed by atoms with Crippen molar-refractivity contribution in [2.75, 3.05) is 17.9 Å². The molecule has 0 unspecified atom stereocenters. The quantitative estimate of drug-likeness (QED) is 0.244. The molecule has 7 heteroatoms. The Morgan fingerprint density at radius 1 is 0.919 bits per heavy atom. The zero-order chi connectivity index (χ0) is 25.8. The maximum absolute atomic E-state index is 13.7. The molecule has 0 fully saturated rings. The van der Waals surface area contributed by atoms with E-state index in [1.165, 1.54) is 11.9 Å². The van der Waals surface area contributed by atoms with Gasteiger partial charge in [0.25, 0.3) is 5.56 Å². The molecule has 0 amide bonds. The normalized spacial score (nSPS) is 11.0. The highest BCUT2D eigenvalue weighted by Crippen LogP contribution is 2.31. The summed E-state index contributed by atoms with van der Waals surface area (Å²) in [4.78, 5) is 19.8. The first kappa shape index (κ1) is 24.6. The van der Waals surface area contributed by atoms with Crippen molar-refractivity contribution in [3.05, 3.63) is 112 Å². The van der Waals surface area contributed by atoms with E-state index in [-0.39, 0.29) is 18.8 Å². The van der Waals surface area contributed by atoms with Crippen LogP contribution >= 0.6 is 11.9 Å². The van der Waals surface area contributed by atoms with Gasteiger partial charge in [-0.05, 0) is 97.6 Å².